The van der Waals surface area contributed by atoms with Crippen LogP contribution in [0.3, 0.4) is 0 Å². The van der Waals surface area contributed by atoms with Gasteiger partial charge in [0.2, 0.25) is 0 Å². The highest BCUT2D eigenvalue weighted by molar-refractivity contribution is 5.75. The molecule has 2 aromatic rings. The van der Waals surface area contributed by atoms with Crippen LogP contribution < -0.4 is 4.74 Å². The van der Waals surface area contributed by atoms with Gasteiger partial charge in [0.15, 0.2) is 0 Å². The van der Waals surface area contributed by atoms with Crippen LogP contribution in [0.4, 0.5) is 0 Å². The summed E-state index contributed by atoms with van der Waals surface area (Å²) in [6.07, 6.45) is 0. The molecule has 0 amide bonds. The Morgan fingerprint density at radius 3 is 2.47 bits per heavy atom. The number of rotatable bonds is 2. The minimum atomic E-state index is 0.113. The standard InChI is InChI=1S/C14H14O3/c1-9-4-3-5-13(16)14(9)10-6-11(15)8-12(7-10)17-2/h3-8,15-16H,1-2H3. The molecule has 0 saturated carbocycles. The van der Waals surface area contributed by atoms with E-state index in [1.165, 1.54) is 13.2 Å². The summed E-state index contributed by atoms with van der Waals surface area (Å²) in [4.78, 5) is 0. The molecule has 0 fully saturated rings. The van der Waals surface area contributed by atoms with Crippen molar-refractivity contribution in [2.75, 3.05) is 7.11 Å². The number of hydrogen-bond acceptors (Lipinski definition) is 3. The summed E-state index contributed by atoms with van der Waals surface area (Å²) in [5, 5.41) is 19.5. The highest BCUT2D eigenvalue weighted by Gasteiger charge is 2.09. The van der Waals surface area contributed by atoms with Gasteiger partial charge in [0.25, 0.3) is 0 Å². The lowest BCUT2D eigenvalue weighted by Gasteiger charge is -2.10. The molecule has 0 radical (unpaired) electrons. The summed E-state index contributed by atoms with van der Waals surface area (Å²) in [6, 6.07) is 10.2. The van der Waals surface area contributed by atoms with Gasteiger partial charge in [-0.2, -0.15) is 0 Å². The van der Waals surface area contributed by atoms with Gasteiger partial charge < -0.3 is 14.9 Å². The number of benzene rings is 2. The molecule has 0 aliphatic rings. The number of aromatic hydroxyl groups is 2. The maximum Gasteiger partial charge on any atom is 0.123 e. The number of ether oxygens (including phenoxy) is 1. The highest BCUT2D eigenvalue weighted by Crippen LogP contribution is 2.36. The van der Waals surface area contributed by atoms with E-state index in [2.05, 4.69) is 0 Å². The number of phenolic OH excluding ortho intramolecular Hbond substituents is 2. The van der Waals surface area contributed by atoms with E-state index in [4.69, 9.17) is 4.74 Å². The number of aryl methyl sites for hydroxylation is 1. The Hall–Kier alpha value is -2.16. The van der Waals surface area contributed by atoms with Crippen LogP contribution in [0.25, 0.3) is 11.1 Å². The zero-order valence-corrected chi connectivity index (χ0v) is 9.77. The molecule has 0 heterocycles. The lowest BCUT2D eigenvalue weighted by Crippen LogP contribution is -1.87. The van der Waals surface area contributed by atoms with Gasteiger partial charge in [0.05, 0.1) is 7.11 Å². The topological polar surface area (TPSA) is 49.7 Å². The van der Waals surface area contributed by atoms with E-state index in [1.54, 1.807) is 24.3 Å². The van der Waals surface area contributed by atoms with Gasteiger partial charge in [-0.05, 0) is 36.2 Å². The van der Waals surface area contributed by atoms with Crippen molar-refractivity contribution in [3.63, 3.8) is 0 Å². The first kappa shape index (κ1) is 11.3. The van der Waals surface area contributed by atoms with Gasteiger partial charge in [-0.3, -0.25) is 0 Å². The molecular weight excluding hydrogens is 216 g/mol. The molecule has 0 bridgehead atoms. The van der Waals surface area contributed by atoms with E-state index < -0.39 is 0 Å². The van der Waals surface area contributed by atoms with Gasteiger partial charge in [-0.1, -0.05) is 12.1 Å². The Morgan fingerprint density at radius 2 is 1.82 bits per heavy atom. The molecule has 2 rings (SSSR count). The van der Waals surface area contributed by atoms with Gasteiger partial charge in [-0.15, -0.1) is 0 Å². The van der Waals surface area contributed by atoms with Gasteiger partial charge in [-0.25, -0.2) is 0 Å². The molecule has 0 unspecified atom stereocenters. The average Bonchev–Trinajstić information content (AvgIpc) is 2.28. The molecule has 0 aromatic heterocycles. The first-order valence-electron chi connectivity index (χ1n) is 5.29. The number of methoxy groups -OCH3 is 1. The van der Waals surface area contributed by atoms with Crippen molar-refractivity contribution < 1.29 is 14.9 Å². The molecule has 0 saturated heterocycles. The fraction of sp³-hybridized carbons (Fsp3) is 0.143. The lowest BCUT2D eigenvalue weighted by molar-refractivity contribution is 0.408. The second-order valence-corrected chi connectivity index (χ2v) is 3.89. The lowest BCUT2D eigenvalue weighted by atomic mass is 9.99. The predicted molar refractivity (Wildman–Crippen MR) is 66.5 cm³/mol. The van der Waals surface area contributed by atoms with Crippen LogP contribution in [0, 0.1) is 6.92 Å². The van der Waals surface area contributed by atoms with Gasteiger partial charge >= 0.3 is 0 Å². The quantitative estimate of drug-likeness (QED) is 0.833. The second-order valence-electron chi connectivity index (χ2n) is 3.89. The molecule has 0 spiro atoms. The zero-order chi connectivity index (χ0) is 12.4. The molecule has 3 heteroatoms. The molecule has 88 valence electrons. The molecule has 0 aliphatic heterocycles. The average molecular weight is 230 g/mol. The normalized spacial score (nSPS) is 10.2. The Balaban J connectivity index is 2.64. The summed E-state index contributed by atoms with van der Waals surface area (Å²) in [5.41, 5.74) is 2.39. The molecule has 0 aliphatic carbocycles. The summed E-state index contributed by atoms with van der Waals surface area (Å²) in [7, 11) is 1.54. The smallest absolute Gasteiger partial charge is 0.123 e. The summed E-state index contributed by atoms with van der Waals surface area (Å²) in [6.45, 7) is 1.91. The van der Waals surface area contributed by atoms with Crippen molar-refractivity contribution in [1.82, 2.24) is 0 Å². The third-order valence-corrected chi connectivity index (χ3v) is 2.67. The monoisotopic (exact) mass is 230 g/mol. The van der Waals surface area contributed by atoms with Crippen molar-refractivity contribution in [3.05, 3.63) is 42.0 Å². The largest absolute Gasteiger partial charge is 0.508 e. The van der Waals surface area contributed by atoms with Crippen molar-refractivity contribution in [2.24, 2.45) is 0 Å². The van der Waals surface area contributed by atoms with Crippen LogP contribution in [-0.2, 0) is 0 Å². The van der Waals surface area contributed by atoms with E-state index in [0.29, 0.717) is 11.3 Å². The van der Waals surface area contributed by atoms with Crippen LogP contribution in [0.2, 0.25) is 0 Å². The second kappa shape index (κ2) is 4.37. The maximum absolute atomic E-state index is 9.88. The molecule has 0 atom stereocenters. The molecule has 3 nitrogen and oxygen atoms in total. The van der Waals surface area contributed by atoms with E-state index in [0.717, 1.165) is 11.1 Å². The number of hydrogen-bond donors (Lipinski definition) is 2. The number of phenols is 2. The minimum Gasteiger partial charge on any atom is -0.508 e. The van der Waals surface area contributed by atoms with Crippen LogP contribution in [0.1, 0.15) is 5.56 Å². The third-order valence-electron chi connectivity index (χ3n) is 2.67. The highest BCUT2D eigenvalue weighted by atomic mass is 16.5. The van der Waals surface area contributed by atoms with Crippen LogP contribution >= 0.6 is 0 Å². The van der Waals surface area contributed by atoms with E-state index in [1.807, 2.05) is 13.0 Å². The van der Waals surface area contributed by atoms with Gasteiger partial charge in [0, 0.05) is 11.6 Å². The molecular formula is C14H14O3. The van der Waals surface area contributed by atoms with Gasteiger partial charge in [0.1, 0.15) is 17.2 Å². The molecule has 2 aromatic carbocycles. The maximum atomic E-state index is 9.88. The Kier molecular flexibility index (Phi) is 2.91. The Morgan fingerprint density at radius 1 is 1.06 bits per heavy atom. The fourth-order valence-electron chi connectivity index (χ4n) is 1.87. The first-order chi connectivity index (χ1) is 8.11. The third kappa shape index (κ3) is 2.18. The van der Waals surface area contributed by atoms with Crippen molar-refractivity contribution in [1.29, 1.82) is 0 Å². The van der Waals surface area contributed by atoms with E-state index >= 15 is 0 Å². The summed E-state index contributed by atoms with van der Waals surface area (Å²) in [5.74, 6) is 0.863. The van der Waals surface area contributed by atoms with Crippen LogP contribution in [-0.4, -0.2) is 17.3 Å². The van der Waals surface area contributed by atoms with Crippen molar-refractivity contribution in [2.45, 2.75) is 6.92 Å². The van der Waals surface area contributed by atoms with E-state index in [-0.39, 0.29) is 11.5 Å². The first-order valence-corrected chi connectivity index (χ1v) is 5.29. The summed E-state index contributed by atoms with van der Waals surface area (Å²) < 4.78 is 5.10. The SMILES string of the molecule is COc1cc(O)cc(-c2c(C)cccc2O)c1. The minimum absolute atomic E-state index is 0.113. The molecule has 17 heavy (non-hydrogen) atoms. The van der Waals surface area contributed by atoms with Crippen LogP contribution in [0.5, 0.6) is 17.2 Å². The zero-order valence-electron chi connectivity index (χ0n) is 9.77. The Bertz CT molecular complexity index is 527. The van der Waals surface area contributed by atoms with Crippen molar-refractivity contribution in [3.8, 4) is 28.4 Å². The Labute approximate surface area is 99.9 Å². The summed E-state index contributed by atoms with van der Waals surface area (Å²) >= 11 is 0. The molecule has 2 N–H and O–H groups in total. The predicted octanol–water partition coefficient (Wildman–Crippen LogP) is 3.08. The fourth-order valence-corrected chi connectivity index (χ4v) is 1.87. The van der Waals surface area contributed by atoms with E-state index in [9.17, 15) is 10.2 Å². The van der Waals surface area contributed by atoms with Crippen LogP contribution in [0.15, 0.2) is 36.4 Å². The van der Waals surface area contributed by atoms with Crippen molar-refractivity contribution >= 4 is 0 Å².